The van der Waals surface area contributed by atoms with E-state index in [0.29, 0.717) is 0 Å². The van der Waals surface area contributed by atoms with Gasteiger partial charge < -0.3 is 5.32 Å². The van der Waals surface area contributed by atoms with Crippen molar-refractivity contribution in [1.29, 1.82) is 5.26 Å². The summed E-state index contributed by atoms with van der Waals surface area (Å²) in [6, 6.07) is 0. The SMILES string of the molecule is N#CNCCC1CCC1. The van der Waals surface area contributed by atoms with Crippen LogP contribution in [0.3, 0.4) is 0 Å². The van der Waals surface area contributed by atoms with Crippen molar-refractivity contribution in [2.45, 2.75) is 25.7 Å². The van der Waals surface area contributed by atoms with E-state index in [2.05, 4.69) is 5.32 Å². The molecule has 0 unspecified atom stereocenters. The Morgan fingerprint density at radius 3 is 2.78 bits per heavy atom. The average molecular weight is 124 g/mol. The molecular formula is C7H12N2. The second-order valence-electron chi connectivity index (χ2n) is 2.62. The molecule has 0 aromatic rings. The summed E-state index contributed by atoms with van der Waals surface area (Å²) in [6.07, 6.45) is 7.27. The van der Waals surface area contributed by atoms with Crippen LogP contribution >= 0.6 is 0 Å². The smallest absolute Gasteiger partial charge is 0.176 e. The van der Waals surface area contributed by atoms with Crippen LogP contribution in [-0.4, -0.2) is 6.54 Å². The van der Waals surface area contributed by atoms with Gasteiger partial charge in [-0.15, -0.1) is 0 Å². The van der Waals surface area contributed by atoms with Crippen molar-refractivity contribution in [3.63, 3.8) is 0 Å². The van der Waals surface area contributed by atoms with Gasteiger partial charge in [0.25, 0.3) is 0 Å². The van der Waals surface area contributed by atoms with Crippen molar-refractivity contribution in [3.05, 3.63) is 0 Å². The Hall–Kier alpha value is -0.710. The summed E-state index contributed by atoms with van der Waals surface area (Å²) in [6.45, 7) is 0.876. The van der Waals surface area contributed by atoms with E-state index in [0.717, 1.165) is 12.5 Å². The lowest BCUT2D eigenvalue weighted by Gasteiger charge is -2.24. The molecule has 0 aromatic heterocycles. The van der Waals surface area contributed by atoms with Crippen molar-refractivity contribution in [2.24, 2.45) is 5.92 Å². The van der Waals surface area contributed by atoms with Crippen LogP contribution in [0, 0.1) is 17.4 Å². The monoisotopic (exact) mass is 124 g/mol. The molecule has 2 nitrogen and oxygen atoms in total. The van der Waals surface area contributed by atoms with Gasteiger partial charge in [0.15, 0.2) is 6.19 Å². The summed E-state index contributed by atoms with van der Waals surface area (Å²) in [5.41, 5.74) is 0. The fraction of sp³-hybridized carbons (Fsp3) is 0.857. The van der Waals surface area contributed by atoms with Crippen LogP contribution in [0.2, 0.25) is 0 Å². The molecule has 0 aliphatic heterocycles. The summed E-state index contributed by atoms with van der Waals surface area (Å²) in [5, 5.41) is 10.8. The quantitative estimate of drug-likeness (QED) is 0.349. The predicted molar refractivity (Wildman–Crippen MR) is 35.6 cm³/mol. The third-order valence-electron chi connectivity index (χ3n) is 1.98. The standard InChI is InChI=1S/C7H12N2/c8-6-9-5-4-7-2-1-3-7/h7,9H,1-5H2. The normalized spacial score (nSPS) is 18.1. The van der Waals surface area contributed by atoms with E-state index in [9.17, 15) is 0 Å². The lowest BCUT2D eigenvalue weighted by molar-refractivity contribution is 0.296. The highest BCUT2D eigenvalue weighted by Crippen LogP contribution is 2.28. The van der Waals surface area contributed by atoms with E-state index in [4.69, 9.17) is 5.26 Å². The summed E-state index contributed by atoms with van der Waals surface area (Å²) in [4.78, 5) is 0. The summed E-state index contributed by atoms with van der Waals surface area (Å²) in [5.74, 6) is 0.922. The van der Waals surface area contributed by atoms with Gasteiger partial charge in [-0.3, -0.25) is 0 Å². The molecule has 0 saturated heterocycles. The van der Waals surface area contributed by atoms with Gasteiger partial charge in [-0.05, 0) is 12.3 Å². The van der Waals surface area contributed by atoms with Crippen LogP contribution in [0.25, 0.3) is 0 Å². The zero-order chi connectivity index (χ0) is 6.53. The summed E-state index contributed by atoms with van der Waals surface area (Å²) < 4.78 is 0. The minimum atomic E-state index is 0.876. The van der Waals surface area contributed by atoms with Crippen molar-refractivity contribution < 1.29 is 0 Å². The number of hydrogen-bond acceptors (Lipinski definition) is 2. The van der Waals surface area contributed by atoms with Crippen molar-refractivity contribution >= 4 is 0 Å². The number of rotatable bonds is 3. The van der Waals surface area contributed by atoms with Gasteiger partial charge in [0.2, 0.25) is 0 Å². The van der Waals surface area contributed by atoms with Crippen LogP contribution in [0.5, 0.6) is 0 Å². The van der Waals surface area contributed by atoms with E-state index in [1.165, 1.54) is 25.7 Å². The van der Waals surface area contributed by atoms with E-state index in [-0.39, 0.29) is 0 Å². The molecule has 0 spiro atoms. The minimum Gasteiger partial charge on any atom is -0.324 e. The van der Waals surface area contributed by atoms with Gasteiger partial charge in [0, 0.05) is 6.54 Å². The number of nitrogens with one attached hydrogen (secondary N) is 1. The van der Waals surface area contributed by atoms with Crippen molar-refractivity contribution in [2.75, 3.05) is 6.54 Å². The van der Waals surface area contributed by atoms with Crippen LogP contribution < -0.4 is 5.32 Å². The van der Waals surface area contributed by atoms with Gasteiger partial charge in [-0.1, -0.05) is 19.3 Å². The Labute approximate surface area is 55.9 Å². The second-order valence-corrected chi connectivity index (χ2v) is 2.62. The molecule has 1 saturated carbocycles. The first kappa shape index (κ1) is 6.41. The highest BCUT2D eigenvalue weighted by atomic mass is 14.8. The fourth-order valence-corrected chi connectivity index (χ4v) is 1.11. The lowest BCUT2D eigenvalue weighted by Crippen LogP contribution is -2.17. The fourth-order valence-electron chi connectivity index (χ4n) is 1.11. The van der Waals surface area contributed by atoms with E-state index in [1.807, 2.05) is 6.19 Å². The molecule has 0 atom stereocenters. The lowest BCUT2D eigenvalue weighted by atomic mass is 9.83. The Balaban J connectivity index is 1.87. The maximum absolute atomic E-state index is 8.11. The van der Waals surface area contributed by atoms with Crippen LogP contribution in [-0.2, 0) is 0 Å². The largest absolute Gasteiger partial charge is 0.324 e. The Morgan fingerprint density at radius 1 is 1.56 bits per heavy atom. The predicted octanol–water partition coefficient (Wildman–Crippen LogP) is 1.25. The van der Waals surface area contributed by atoms with E-state index >= 15 is 0 Å². The van der Waals surface area contributed by atoms with Gasteiger partial charge in [-0.2, -0.15) is 5.26 Å². The van der Waals surface area contributed by atoms with Gasteiger partial charge in [0.05, 0.1) is 0 Å². The topological polar surface area (TPSA) is 35.8 Å². The molecule has 50 valence electrons. The third-order valence-corrected chi connectivity index (χ3v) is 1.98. The maximum Gasteiger partial charge on any atom is 0.176 e. The highest BCUT2D eigenvalue weighted by molar-refractivity contribution is 4.72. The van der Waals surface area contributed by atoms with Crippen LogP contribution in [0.4, 0.5) is 0 Å². The first-order valence-corrected chi connectivity index (χ1v) is 3.55. The number of nitriles is 1. The first-order chi connectivity index (χ1) is 4.43. The number of nitrogens with zero attached hydrogens (tertiary/aromatic N) is 1. The molecule has 9 heavy (non-hydrogen) atoms. The zero-order valence-corrected chi connectivity index (χ0v) is 5.56. The Morgan fingerprint density at radius 2 is 2.33 bits per heavy atom. The van der Waals surface area contributed by atoms with E-state index < -0.39 is 0 Å². The molecule has 2 heteroatoms. The maximum atomic E-state index is 8.11. The van der Waals surface area contributed by atoms with Gasteiger partial charge in [-0.25, -0.2) is 0 Å². The molecule has 1 N–H and O–H groups in total. The molecule has 0 aromatic carbocycles. The van der Waals surface area contributed by atoms with Crippen LogP contribution in [0.15, 0.2) is 0 Å². The van der Waals surface area contributed by atoms with Crippen LogP contribution in [0.1, 0.15) is 25.7 Å². The molecule has 0 heterocycles. The van der Waals surface area contributed by atoms with Gasteiger partial charge >= 0.3 is 0 Å². The Kier molecular flexibility index (Phi) is 2.38. The molecule has 1 fully saturated rings. The molecule has 1 rings (SSSR count). The van der Waals surface area contributed by atoms with Gasteiger partial charge in [0.1, 0.15) is 0 Å². The molecule has 0 amide bonds. The first-order valence-electron chi connectivity index (χ1n) is 3.55. The molecule has 0 radical (unpaired) electrons. The average Bonchev–Trinajstić information content (AvgIpc) is 1.76. The summed E-state index contributed by atoms with van der Waals surface area (Å²) in [7, 11) is 0. The minimum absolute atomic E-state index is 0.876. The number of hydrogen-bond donors (Lipinski definition) is 1. The Bertz CT molecular complexity index is 111. The second kappa shape index (κ2) is 3.34. The highest BCUT2D eigenvalue weighted by Gasteiger charge is 2.15. The molecule has 1 aliphatic carbocycles. The molecule has 0 bridgehead atoms. The zero-order valence-electron chi connectivity index (χ0n) is 5.56. The van der Waals surface area contributed by atoms with Crippen molar-refractivity contribution in [1.82, 2.24) is 5.32 Å². The third kappa shape index (κ3) is 1.93. The summed E-state index contributed by atoms with van der Waals surface area (Å²) >= 11 is 0. The molecule has 1 aliphatic rings. The van der Waals surface area contributed by atoms with Crippen molar-refractivity contribution in [3.8, 4) is 6.19 Å². The van der Waals surface area contributed by atoms with E-state index in [1.54, 1.807) is 0 Å². The molecular weight excluding hydrogens is 112 g/mol.